The van der Waals surface area contributed by atoms with Crippen LogP contribution in [0.4, 0.5) is 0 Å². The van der Waals surface area contributed by atoms with Crippen molar-refractivity contribution in [2.24, 2.45) is 58.2 Å². The Bertz CT molecular complexity index is 691. The number of allylic oxidation sites excluding steroid dienone is 2. The van der Waals surface area contributed by atoms with Crippen molar-refractivity contribution in [3.05, 3.63) is 12.2 Å². The van der Waals surface area contributed by atoms with E-state index in [4.69, 9.17) is 0 Å². The molecule has 2 aliphatic rings. The van der Waals surface area contributed by atoms with E-state index in [9.17, 15) is 10.2 Å². The van der Waals surface area contributed by atoms with Gasteiger partial charge in [0.25, 0.3) is 0 Å². The summed E-state index contributed by atoms with van der Waals surface area (Å²) in [6, 6.07) is 0. The van der Waals surface area contributed by atoms with E-state index >= 15 is 0 Å². The van der Waals surface area contributed by atoms with Crippen LogP contribution in [0.5, 0.6) is 0 Å². The molecule has 42 heavy (non-hydrogen) atoms. The van der Waals surface area contributed by atoms with Gasteiger partial charge in [0.15, 0.2) is 0 Å². The molecular weight excluding hydrogens is 512 g/mol. The van der Waals surface area contributed by atoms with Gasteiger partial charge in [0.2, 0.25) is 0 Å². The third-order valence-electron chi connectivity index (χ3n) is 12.2. The van der Waals surface area contributed by atoms with Gasteiger partial charge in [0.1, 0.15) is 0 Å². The second-order valence-electron chi connectivity index (χ2n) is 17.7. The highest BCUT2D eigenvalue weighted by Gasteiger charge is 2.41. The van der Waals surface area contributed by atoms with E-state index in [0.717, 1.165) is 61.2 Å². The van der Waals surface area contributed by atoms with E-state index in [1.165, 1.54) is 77.0 Å². The molecular formula is C40H76O2. The monoisotopic (exact) mass is 589 g/mol. The van der Waals surface area contributed by atoms with Crippen LogP contribution in [0.15, 0.2) is 12.2 Å². The Kier molecular flexibility index (Phi) is 16.2. The molecule has 0 saturated heterocycles. The number of aliphatic hydroxyl groups excluding tert-OH is 2. The van der Waals surface area contributed by atoms with Crippen LogP contribution in [0.25, 0.3) is 0 Å². The summed E-state index contributed by atoms with van der Waals surface area (Å²) in [6.45, 7) is 24.1. The minimum Gasteiger partial charge on any atom is -0.393 e. The average Bonchev–Trinajstić information content (AvgIpc) is 2.84. The number of rotatable bonds is 18. The van der Waals surface area contributed by atoms with Crippen molar-refractivity contribution < 1.29 is 10.2 Å². The summed E-state index contributed by atoms with van der Waals surface area (Å²) in [6.07, 6.45) is 24.7. The molecule has 2 aliphatic carbocycles. The van der Waals surface area contributed by atoms with E-state index in [-0.39, 0.29) is 23.0 Å². The molecule has 0 aromatic rings. The molecule has 10 atom stereocenters. The van der Waals surface area contributed by atoms with Crippen LogP contribution in [-0.4, -0.2) is 22.4 Å². The molecule has 0 aromatic heterocycles. The van der Waals surface area contributed by atoms with Crippen molar-refractivity contribution in [3.8, 4) is 0 Å². The highest BCUT2D eigenvalue weighted by Crippen LogP contribution is 2.48. The van der Waals surface area contributed by atoms with Crippen LogP contribution in [-0.2, 0) is 0 Å². The van der Waals surface area contributed by atoms with E-state index in [0.29, 0.717) is 11.8 Å². The largest absolute Gasteiger partial charge is 0.393 e. The molecule has 0 aliphatic heterocycles. The predicted molar refractivity (Wildman–Crippen MR) is 185 cm³/mol. The molecule has 0 bridgehead atoms. The van der Waals surface area contributed by atoms with Crippen LogP contribution < -0.4 is 0 Å². The molecule has 2 N–H and O–H groups in total. The maximum atomic E-state index is 10.2. The zero-order valence-corrected chi connectivity index (χ0v) is 30.1. The molecule has 2 fully saturated rings. The Hall–Kier alpha value is -0.340. The first kappa shape index (κ1) is 37.8. The summed E-state index contributed by atoms with van der Waals surface area (Å²) >= 11 is 0. The zero-order valence-electron chi connectivity index (χ0n) is 30.1. The van der Waals surface area contributed by atoms with Gasteiger partial charge in [0.05, 0.1) is 12.2 Å². The van der Waals surface area contributed by atoms with Crippen molar-refractivity contribution in [3.63, 3.8) is 0 Å². The summed E-state index contributed by atoms with van der Waals surface area (Å²) in [4.78, 5) is 0. The Labute approximate surface area is 264 Å². The van der Waals surface area contributed by atoms with Gasteiger partial charge in [-0.3, -0.25) is 0 Å². The normalized spacial score (nSPS) is 32.5. The molecule has 2 rings (SSSR count). The lowest BCUT2D eigenvalue weighted by atomic mass is 9.61. The fourth-order valence-electron chi connectivity index (χ4n) is 9.50. The van der Waals surface area contributed by atoms with Gasteiger partial charge < -0.3 is 10.2 Å². The zero-order chi connectivity index (χ0) is 31.5. The minimum absolute atomic E-state index is 0.0904. The number of hydrogen-bond acceptors (Lipinski definition) is 2. The molecule has 2 nitrogen and oxygen atoms in total. The smallest absolute Gasteiger partial charge is 0.0548 e. The molecule has 0 heterocycles. The van der Waals surface area contributed by atoms with Crippen molar-refractivity contribution in [1.82, 2.24) is 0 Å². The van der Waals surface area contributed by atoms with Gasteiger partial charge in [-0.1, -0.05) is 133 Å². The van der Waals surface area contributed by atoms with Gasteiger partial charge in [0, 0.05) is 0 Å². The second-order valence-corrected chi connectivity index (χ2v) is 17.7. The van der Waals surface area contributed by atoms with Gasteiger partial charge in [-0.2, -0.15) is 0 Å². The molecule has 0 aromatic carbocycles. The summed E-state index contributed by atoms with van der Waals surface area (Å²) in [5.41, 5.74) is 0.565. The molecule has 0 radical (unpaired) electrons. The lowest BCUT2D eigenvalue weighted by Gasteiger charge is -2.45. The molecule has 0 unspecified atom stereocenters. The van der Waals surface area contributed by atoms with Crippen molar-refractivity contribution in [2.45, 2.75) is 184 Å². The first-order chi connectivity index (χ1) is 19.6. The Balaban J connectivity index is 1.52. The molecule has 2 saturated carbocycles. The third kappa shape index (κ3) is 13.3. The Morgan fingerprint density at radius 2 is 0.905 bits per heavy atom. The highest BCUT2D eigenvalue weighted by molar-refractivity contribution is 4.91. The minimum atomic E-state index is -0.0904. The highest BCUT2D eigenvalue weighted by atomic mass is 16.3. The van der Waals surface area contributed by atoms with Crippen LogP contribution in [0.2, 0.25) is 0 Å². The maximum absolute atomic E-state index is 10.2. The van der Waals surface area contributed by atoms with Gasteiger partial charge >= 0.3 is 0 Å². The average molecular weight is 589 g/mol. The Morgan fingerprint density at radius 1 is 0.571 bits per heavy atom. The molecule has 248 valence electrons. The van der Waals surface area contributed by atoms with E-state index in [1.807, 2.05) is 0 Å². The quantitative estimate of drug-likeness (QED) is 0.156. The summed E-state index contributed by atoms with van der Waals surface area (Å²) in [7, 11) is 0. The maximum Gasteiger partial charge on any atom is 0.0548 e. The van der Waals surface area contributed by atoms with Crippen LogP contribution >= 0.6 is 0 Å². The van der Waals surface area contributed by atoms with Crippen molar-refractivity contribution >= 4 is 0 Å². The van der Waals surface area contributed by atoms with Gasteiger partial charge in [-0.25, -0.2) is 0 Å². The van der Waals surface area contributed by atoms with Gasteiger partial charge in [-0.05, 0) is 110 Å². The second kappa shape index (κ2) is 18.0. The first-order valence-corrected chi connectivity index (χ1v) is 18.6. The lowest BCUT2D eigenvalue weighted by Crippen LogP contribution is -2.40. The van der Waals surface area contributed by atoms with Crippen LogP contribution in [0, 0.1) is 58.2 Å². The van der Waals surface area contributed by atoms with Crippen LogP contribution in [0.3, 0.4) is 0 Å². The Morgan fingerprint density at radius 3 is 1.24 bits per heavy atom. The standard InChI is InChI=1S/C40H76O2/c1-29(17-13-19-31(3)21-23-37-33(5)25-35(41)27-39(37,7)8)15-11-12-16-30(2)18-14-20-32(4)22-24-38-34(6)26-36(42)28-40(38,9)10/h11-12,29-38,41-42H,13-28H2,1-10H3/b12-11+/t29-,30+,31+,32-,33-,34-,35-,36-,37-,38+/m1/s1. The topological polar surface area (TPSA) is 40.5 Å². The fourth-order valence-corrected chi connectivity index (χ4v) is 9.50. The summed E-state index contributed by atoms with van der Waals surface area (Å²) in [5.74, 6) is 6.06. The van der Waals surface area contributed by atoms with Crippen LogP contribution in [0.1, 0.15) is 172 Å². The number of hydrogen-bond donors (Lipinski definition) is 2. The lowest BCUT2D eigenvalue weighted by molar-refractivity contribution is -0.0178. The van der Waals surface area contributed by atoms with Gasteiger partial charge in [-0.15, -0.1) is 0 Å². The molecule has 0 spiro atoms. The first-order valence-electron chi connectivity index (χ1n) is 18.6. The third-order valence-corrected chi connectivity index (χ3v) is 12.2. The fraction of sp³-hybridized carbons (Fsp3) is 0.950. The van der Waals surface area contributed by atoms with Crippen molar-refractivity contribution in [1.29, 1.82) is 0 Å². The molecule has 0 amide bonds. The van der Waals surface area contributed by atoms with E-state index in [1.54, 1.807) is 0 Å². The molecule has 2 heteroatoms. The summed E-state index contributed by atoms with van der Waals surface area (Å²) < 4.78 is 0. The van der Waals surface area contributed by atoms with E-state index in [2.05, 4.69) is 81.4 Å². The van der Waals surface area contributed by atoms with E-state index < -0.39 is 0 Å². The van der Waals surface area contributed by atoms with Crippen molar-refractivity contribution in [2.75, 3.05) is 0 Å². The predicted octanol–water partition coefficient (Wildman–Crippen LogP) is 11.6. The summed E-state index contributed by atoms with van der Waals surface area (Å²) in [5, 5.41) is 20.4. The SMILES string of the molecule is C[C@H](CCC[C@@H](C)C/C=C/C[C@@H](C)CCC[C@H](C)CC[C@@H]1[C@H](C)C[C@@H](O)CC1(C)C)CC[C@H]1[C@H](C)C[C@@H](O)CC1(C)C. The number of aliphatic hydroxyl groups is 2.